The van der Waals surface area contributed by atoms with Crippen molar-refractivity contribution in [3.8, 4) is 5.75 Å². The Balaban J connectivity index is 1.79. The van der Waals surface area contributed by atoms with E-state index < -0.39 is 0 Å². The standard InChI is InChI=1S/C14H17N3O2/c1-2-9(8-15)14-16-13(17-19-14)12-7-10-5-3-4-6-11(10)18-12/h3-6,9,12H,2,7-8,15H2,1H3. The molecule has 3 rings (SSSR count). The van der Waals surface area contributed by atoms with Gasteiger partial charge in [0.05, 0.1) is 5.92 Å². The van der Waals surface area contributed by atoms with Crippen molar-refractivity contribution in [3.05, 3.63) is 41.5 Å². The number of rotatable bonds is 4. The van der Waals surface area contributed by atoms with Crippen molar-refractivity contribution in [1.82, 2.24) is 10.1 Å². The molecule has 5 heteroatoms. The lowest BCUT2D eigenvalue weighted by atomic mass is 10.1. The third-order valence-corrected chi connectivity index (χ3v) is 3.52. The molecule has 2 N–H and O–H groups in total. The molecule has 0 saturated heterocycles. The first-order chi connectivity index (χ1) is 9.31. The van der Waals surface area contributed by atoms with E-state index in [0.717, 1.165) is 18.6 Å². The van der Waals surface area contributed by atoms with Gasteiger partial charge < -0.3 is 15.0 Å². The van der Waals surface area contributed by atoms with E-state index in [4.69, 9.17) is 15.0 Å². The number of hydrogen-bond donors (Lipinski definition) is 1. The molecule has 0 spiro atoms. The van der Waals surface area contributed by atoms with Crippen LogP contribution in [0.2, 0.25) is 0 Å². The van der Waals surface area contributed by atoms with E-state index in [1.54, 1.807) is 0 Å². The van der Waals surface area contributed by atoms with Gasteiger partial charge in [-0.2, -0.15) is 4.98 Å². The second-order valence-electron chi connectivity index (χ2n) is 4.75. The molecule has 0 radical (unpaired) electrons. The highest BCUT2D eigenvalue weighted by Gasteiger charge is 2.29. The molecule has 0 bridgehead atoms. The highest BCUT2D eigenvalue weighted by molar-refractivity contribution is 5.37. The van der Waals surface area contributed by atoms with Gasteiger partial charge in [-0.25, -0.2) is 0 Å². The second-order valence-corrected chi connectivity index (χ2v) is 4.75. The van der Waals surface area contributed by atoms with Crippen LogP contribution in [-0.4, -0.2) is 16.7 Å². The molecule has 1 aliphatic heterocycles. The normalized spacial score (nSPS) is 18.9. The fraction of sp³-hybridized carbons (Fsp3) is 0.429. The lowest BCUT2D eigenvalue weighted by Crippen LogP contribution is -2.12. The average Bonchev–Trinajstić information content (AvgIpc) is 3.06. The highest BCUT2D eigenvalue weighted by atomic mass is 16.5. The summed E-state index contributed by atoms with van der Waals surface area (Å²) in [6, 6.07) is 7.99. The lowest BCUT2D eigenvalue weighted by molar-refractivity contribution is 0.220. The Bertz CT molecular complexity index is 538. The summed E-state index contributed by atoms with van der Waals surface area (Å²) in [5, 5.41) is 4.03. The summed E-state index contributed by atoms with van der Waals surface area (Å²) in [6.45, 7) is 2.58. The van der Waals surface area contributed by atoms with Gasteiger partial charge >= 0.3 is 0 Å². The van der Waals surface area contributed by atoms with Crippen LogP contribution in [0, 0.1) is 0 Å². The quantitative estimate of drug-likeness (QED) is 0.911. The van der Waals surface area contributed by atoms with E-state index >= 15 is 0 Å². The van der Waals surface area contributed by atoms with Crippen molar-refractivity contribution in [2.75, 3.05) is 6.54 Å². The van der Waals surface area contributed by atoms with Crippen LogP contribution in [0.4, 0.5) is 0 Å². The molecular weight excluding hydrogens is 242 g/mol. The van der Waals surface area contributed by atoms with Gasteiger partial charge in [-0.05, 0) is 18.1 Å². The summed E-state index contributed by atoms with van der Waals surface area (Å²) in [7, 11) is 0. The van der Waals surface area contributed by atoms with Gasteiger partial charge in [-0.1, -0.05) is 30.3 Å². The zero-order chi connectivity index (χ0) is 13.2. The van der Waals surface area contributed by atoms with Crippen molar-refractivity contribution in [2.45, 2.75) is 31.8 Å². The van der Waals surface area contributed by atoms with Crippen LogP contribution in [-0.2, 0) is 6.42 Å². The first-order valence-corrected chi connectivity index (χ1v) is 6.60. The number of para-hydroxylation sites is 1. The van der Waals surface area contributed by atoms with Crippen LogP contribution >= 0.6 is 0 Å². The van der Waals surface area contributed by atoms with Gasteiger partial charge in [-0.3, -0.25) is 0 Å². The molecule has 100 valence electrons. The summed E-state index contributed by atoms with van der Waals surface area (Å²) in [6.07, 6.45) is 1.53. The Labute approximate surface area is 111 Å². The van der Waals surface area contributed by atoms with E-state index in [-0.39, 0.29) is 12.0 Å². The van der Waals surface area contributed by atoms with Crippen LogP contribution in [0.15, 0.2) is 28.8 Å². The van der Waals surface area contributed by atoms with E-state index in [0.29, 0.717) is 18.3 Å². The monoisotopic (exact) mass is 259 g/mol. The Hall–Kier alpha value is -1.88. The number of ether oxygens (including phenoxy) is 1. The Morgan fingerprint density at radius 3 is 3.00 bits per heavy atom. The lowest BCUT2D eigenvalue weighted by Gasteiger charge is -2.06. The van der Waals surface area contributed by atoms with Crippen molar-refractivity contribution in [3.63, 3.8) is 0 Å². The van der Waals surface area contributed by atoms with Gasteiger partial charge in [0.15, 0.2) is 6.10 Å². The molecule has 2 aromatic rings. The number of aromatic nitrogens is 2. The SMILES string of the molecule is CCC(CN)c1nc(C2Cc3ccccc3O2)no1. The van der Waals surface area contributed by atoms with Crippen molar-refractivity contribution < 1.29 is 9.26 Å². The predicted molar refractivity (Wildman–Crippen MR) is 69.9 cm³/mol. The molecule has 19 heavy (non-hydrogen) atoms. The minimum Gasteiger partial charge on any atom is -0.482 e. The van der Waals surface area contributed by atoms with Gasteiger partial charge in [0.1, 0.15) is 5.75 Å². The maximum absolute atomic E-state index is 5.84. The highest BCUT2D eigenvalue weighted by Crippen LogP contribution is 2.35. The molecule has 2 atom stereocenters. The molecule has 0 fully saturated rings. The summed E-state index contributed by atoms with van der Waals surface area (Å²) < 4.78 is 11.1. The smallest absolute Gasteiger partial charge is 0.231 e. The zero-order valence-electron chi connectivity index (χ0n) is 10.9. The molecule has 1 aromatic heterocycles. The Kier molecular flexibility index (Phi) is 3.21. The maximum atomic E-state index is 5.84. The van der Waals surface area contributed by atoms with Crippen molar-refractivity contribution in [2.24, 2.45) is 5.73 Å². The predicted octanol–water partition coefficient (Wildman–Crippen LogP) is 2.20. The fourth-order valence-corrected chi connectivity index (χ4v) is 2.31. The van der Waals surface area contributed by atoms with Crippen LogP contribution in [0.25, 0.3) is 0 Å². The Morgan fingerprint density at radius 1 is 1.42 bits per heavy atom. The summed E-state index contributed by atoms with van der Waals surface area (Å²) in [4.78, 5) is 4.43. The fourth-order valence-electron chi connectivity index (χ4n) is 2.31. The van der Waals surface area contributed by atoms with Gasteiger partial charge in [0, 0.05) is 13.0 Å². The van der Waals surface area contributed by atoms with E-state index in [1.807, 2.05) is 18.2 Å². The van der Waals surface area contributed by atoms with E-state index in [2.05, 4.69) is 23.1 Å². The van der Waals surface area contributed by atoms with Crippen LogP contribution in [0.1, 0.15) is 42.6 Å². The summed E-state index contributed by atoms with van der Waals surface area (Å²) in [5.41, 5.74) is 6.87. The molecule has 2 unspecified atom stereocenters. The topological polar surface area (TPSA) is 74.2 Å². The van der Waals surface area contributed by atoms with Crippen LogP contribution < -0.4 is 10.5 Å². The Morgan fingerprint density at radius 2 is 2.26 bits per heavy atom. The van der Waals surface area contributed by atoms with Gasteiger partial charge in [0.2, 0.25) is 11.7 Å². The number of nitrogens with zero attached hydrogens (tertiary/aromatic N) is 2. The third kappa shape index (κ3) is 2.21. The summed E-state index contributed by atoms with van der Waals surface area (Å²) in [5.74, 6) is 2.26. The second kappa shape index (κ2) is 5.01. The average molecular weight is 259 g/mol. The van der Waals surface area contributed by atoms with Crippen molar-refractivity contribution >= 4 is 0 Å². The minimum atomic E-state index is -0.148. The van der Waals surface area contributed by atoms with E-state index in [1.165, 1.54) is 5.56 Å². The molecule has 0 amide bonds. The molecule has 1 aliphatic rings. The largest absolute Gasteiger partial charge is 0.482 e. The molecule has 0 aliphatic carbocycles. The number of hydrogen-bond acceptors (Lipinski definition) is 5. The van der Waals surface area contributed by atoms with Crippen LogP contribution in [0.5, 0.6) is 5.75 Å². The molecule has 5 nitrogen and oxygen atoms in total. The maximum Gasteiger partial charge on any atom is 0.231 e. The number of nitrogens with two attached hydrogens (primary N) is 1. The van der Waals surface area contributed by atoms with Gasteiger partial charge in [0.25, 0.3) is 0 Å². The third-order valence-electron chi connectivity index (χ3n) is 3.52. The summed E-state index contributed by atoms with van der Waals surface area (Å²) >= 11 is 0. The first kappa shape index (κ1) is 12.2. The van der Waals surface area contributed by atoms with Crippen molar-refractivity contribution in [1.29, 1.82) is 0 Å². The van der Waals surface area contributed by atoms with Crippen LogP contribution in [0.3, 0.4) is 0 Å². The minimum absolute atomic E-state index is 0.130. The van der Waals surface area contributed by atoms with E-state index in [9.17, 15) is 0 Å². The van der Waals surface area contributed by atoms with Gasteiger partial charge in [-0.15, -0.1) is 0 Å². The molecule has 2 heterocycles. The number of benzene rings is 1. The molecule has 1 aromatic carbocycles. The molecular formula is C14H17N3O2. The first-order valence-electron chi connectivity index (χ1n) is 6.60. The zero-order valence-corrected chi connectivity index (χ0v) is 10.9. The molecule has 0 saturated carbocycles. The number of fused-ring (bicyclic) bond motifs is 1.